The molecule has 84 valence electrons. The highest BCUT2D eigenvalue weighted by Crippen LogP contribution is 2.62. The molecule has 0 aromatic rings. The predicted molar refractivity (Wildman–Crippen MR) is 51.3 cm³/mol. The zero-order valence-electron chi connectivity index (χ0n) is 9.28. The quantitative estimate of drug-likeness (QED) is 0.503. The molecule has 0 N–H and O–H groups in total. The third-order valence-electron chi connectivity index (χ3n) is 3.84. The molecule has 15 heavy (non-hydrogen) atoms. The van der Waals surface area contributed by atoms with Crippen LogP contribution in [-0.2, 0) is 19.0 Å². The van der Waals surface area contributed by atoms with E-state index in [1.165, 1.54) is 6.92 Å². The van der Waals surface area contributed by atoms with E-state index in [4.69, 9.17) is 14.2 Å². The molecule has 3 aliphatic rings. The van der Waals surface area contributed by atoms with Crippen molar-refractivity contribution in [3.63, 3.8) is 0 Å². The van der Waals surface area contributed by atoms with Gasteiger partial charge in [0.2, 0.25) is 0 Å². The maximum atomic E-state index is 10.8. The Bertz CT molecular complexity index is 307. The second-order valence-electron chi connectivity index (χ2n) is 5.35. The van der Waals surface area contributed by atoms with Crippen molar-refractivity contribution < 1.29 is 19.0 Å². The topological polar surface area (TPSA) is 51.4 Å². The van der Waals surface area contributed by atoms with Crippen molar-refractivity contribution in [2.45, 2.75) is 50.6 Å². The van der Waals surface area contributed by atoms with E-state index in [1.54, 1.807) is 0 Å². The van der Waals surface area contributed by atoms with Gasteiger partial charge in [-0.2, -0.15) is 0 Å². The first-order valence-electron chi connectivity index (χ1n) is 5.44. The minimum absolute atomic E-state index is 0.0352. The van der Waals surface area contributed by atoms with Crippen molar-refractivity contribution in [3.05, 3.63) is 0 Å². The number of carbonyl (C=O) groups excluding carboxylic acids is 1. The Balaban J connectivity index is 1.71. The number of esters is 1. The minimum atomic E-state index is -0.231. The molecule has 0 spiro atoms. The first-order valence-corrected chi connectivity index (χ1v) is 5.44. The van der Waals surface area contributed by atoms with Crippen molar-refractivity contribution in [1.82, 2.24) is 0 Å². The van der Waals surface area contributed by atoms with E-state index in [9.17, 15) is 4.79 Å². The highest BCUT2D eigenvalue weighted by Gasteiger charge is 2.74. The van der Waals surface area contributed by atoms with Crippen molar-refractivity contribution in [1.29, 1.82) is 0 Å². The minimum Gasteiger partial charge on any atom is -0.465 e. The van der Waals surface area contributed by atoms with Gasteiger partial charge >= 0.3 is 5.97 Å². The monoisotopic (exact) mass is 212 g/mol. The van der Waals surface area contributed by atoms with Crippen LogP contribution in [0.25, 0.3) is 0 Å². The van der Waals surface area contributed by atoms with Crippen molar-refractivity contribution in [3.8, 4) is 0 Å². The standard InChI is InChI=1S/C11H16O4/c1-6(12)13-4-7-8-10(2,14-8)5-11(3)9(7)15-11/h7-9H,4-5H2,1-3H3/t8-,9-,10+,11+/m1/s1. The normalized spacial score (nSPS) is 55.3. The third-order valence-corrected chi connectivity index (χ3v) is 3.84. The van der Waals surface area contributed by atoms with E-state index in [-0.39, 0.29) is 35.3 Å². The average Bonchev–Trinajstić information content (AvgIpc) is 2.91. The molecule has 4 atom stereocenters. The van der Waals surface area contributed by atoms with Gasteiger partial charge in [0, 0.05) is 13.3 Å². The lowest BCUT2D eigenvalue weighted by Crippen LogP contribution is -2.38. The van der Waals surface area contributed by atoms with Gasteiger partial charge in [-0.05, 0) is 13.8 Å². The van der Waals surface area contributed by atoms with Gasteiger partial charge in [0.15, 0.2) is 0 Å². The smallest absolute Gasteiger partial charge is 0.302 e. The Morgan fingerprint density at radius 2 is 1.87 bits per heavy atom. The molecule has 3 rings (SSSR count). The Morgan fingerprint density at radius 1 is 1.33 bits per heavy atom. The van der Waals surface area contributed by atoms with Gasteiger partial charge in [0.05, 0.1) is 35.9 Å². The Hall–Kier alpha value is -0.610. The number of carbonyl (C=O) groups is 1. The molecular weight excluding hydrogens is 196 g/mol. The summed E-state index contributed by atoms with van der Waals surface area (Å²) in [6.45, 7) is 6.09. The van der Waals surface area contributed by atoms with Gasteiger partial charge < -0.3 is 14.2 Å². The van der Waals surface area contributed by atoms with Crippen LogP contribution in [0.5, 0.6) is 0 Å². The lowest BCUT2D eigenvalue weighted by Gasteiger charge is -2.21. The molecule has 0 unspecified atom stereocenters. The highest BCUT2D eigenvalue weighted by atomic mass is 16.7. The fraction of sp³-hybridized carbons (Fsp3) is 0.909. The van der Waals surface area contributed by atoms with Crippen molar-refractivity contribution in [2.75, 3.05) is 6.61 Å². The summed E-state index contributed by atoms with van der Waals surface area (Å²) in [7, 11) is 0. The number of fused-ring (bicyclic) bond motifs is 2. The van der Waals surface area contributed by atoms with Crippen LogP contribution >= 0.6 is 0 Å². The zero-order valence-corrected chi connectivity index (χ0v) is 9.28. The summed E-state index contributed by atoms with van der Waals surface area (Å²) in [4.78, 5) is 10.8. The van der Waals surface area contributed by atoms with Gasteiger partial charge in [-0.1, -0.05) is 0 Å². The maximum absolute atomic E-state index is 10.8. The fourth-order valence-corrected chi connectivity index (χ4v) is 3.12. The first kappa shape index (κ1) is 9.60. The van der Waals surface area contributed by atoms with Crippen LogP contribution in [0.1, 0.15) is 27.2 Å². The van der Waals surface area contributed by atoms with Crippen LogP contribution in [-0.4, -0.2) is 36.0 Å². The van der Waals surface area contributed by atoms with Crippen molar-refractivity contribution >= 4 is 5.97 Å². The molecule has 0 aromatic carbocycles. The molecule has 0 radical (unpaired) electrons. The summed E-state index contributed by atoms with van der Waals surface area (Å²) in [5, 5.41) is 0. The predicted octanol–water partition coefficient (Wildman–Crippen LogP) is 0.884. The summed E-state index contributed by atoms with van der Waals surface area (Å²) >= 11 is 0. The van der Waals surface area contributed by atoms with E-state index < -0.39 is 0 Å². The molecule has 1 aliphatic carbocycles. The second kappa shape index (κ2) is 2.55. The van der Waals surface area contributed by atoms with Crippen LogP contribution in [0.15, 0.2) is 0 Å². The molecule has 2 saturated heterocycles. The van der Waals surface area contributed by atoms with E-state index in [0.29, 0.717) is 6.61 Å². The second-order valence-corrected chi connectivity index (χ2v) is 5.35. The third kappa shape index (κ3) is 1.31. The molecule has 4 nitrogen and oxygen atoms in total. The molecule has 0 aromatic heterocycles. The summed E-state index contributed by atoms with van der Waals surface area (Å²) in [6, 6.07) is 0. The molecule has 4 heteroatoms. The number of hydrogen-bond acceptors (Lipinski definition) is 4. The van der Waals surface area contributed by atoms with Crippen LogP contribution in [0.3, 0.4) is 0 Å². The molecule has 2 heterocycles. The molecule has 0 bridgehead atoms. The van der Waals surface area contributed by atoms with Gasteiger partial charge in [0.1, 0.15) is 0 Å². The molecule has 1 saturated carbocycles. The lowest BCUT2D eigenvalue weighted by atomic mass is 9.77. The van der Waals surface area contributed by atoms with Crippen LogP contribution in [0, 0.1) is 5.92 Å². The Labute approximate surface area is 88.9 Å². The zero-order chi connectivity index (χ0) is 10.8. The molecule has 3 fully saturated rings. The summed E-state index contributed by atoms with van der Waals surface area (Å²) in [5.74, 6) is -0.0112. The van der Waals surface area contributed by atoms with Crippen molar-refractivity contribution in [2.24, 2.45) is 5.92 Å². The summed E-state index contributed by atoms with van der Waals surface area (Å²) < 4.78 is 16.5. The van der Waals surface area contributed by atoms with E-state index >= 15 is 0 Å². The Morgan fingerprint density at radius 3 is 2.33 bits per heavy atom. The van der Waals surface area contributed by atoms with Gasteiger partial charge in [0.25, 0.3) is 0 Å². The van der Waals surface area contributed by atoms with Crippen LogP contribution in [0.2, 0.25) is 0 Å². The van der Waals surface area contributed by atoms with E-state index in [2.05, 4.69) is 13.8 Å². The SMILES string of the molecule is CC(=O)OCC1[C@H]2O[C@@]2(C)C[C@]2(C)O[C@H]12. The lowest BCUT2D eigenvalue weighted by molar-refractivity contribution is -0.142. The number of ether oxygens (including phenoxy) is 3. The molecule has 0 amide bonds. The summed E-state index contributed by atoms with van der Waals surface area (Å²) in [6.07, 6.45) is 1.40. The maximum Gasteiger partial charge on any atom is 0.302 e. The number of epoxide rings is 2. The van der Waals surface area contributed by atoms with Crippen LogP contribution < -0.4 is 0 Å². The first-order chi connectivity index (χ1) is 6.95. The molecule has 2 aliphatic heterocycles. The Kier molecular flexibility index (Phi) is 1.63. The van der Waals surface area contributed by atoms with Gasteiger partial charge in [-0.3, -0.25) is 4.79 Å². The summed E-state index contributed by atoms with van der Waals surface area (Å²) in [5.41, 5.74) is -0.0703. The molecular formula is C11H16O4. The number of hydrogen-bond donors (Lipinski definition) is 0. The van der Waals surface area contributed by atoms with E-state index in [1.807, 2.05) is 0 Å². The van der Waals surface area contributed by atoms with Gasteiger partial charge in [-0.25, -0.2) is 0 Å². The van der Waals surface area contributed by atoms with Gasteiger partial charge in [-0.15, -0.1) is 0 Å². The fourth-order valence-electron chi connectivity index (χ4n) is 3.12. The van der Waals surface area contributed by atoms with Crippen LogP contribution in [0.4, 0.5) is 0 Å². The highest BCUT2D eigenvalue weighted by molar-refractivity contribution is 5.65. The largest absolute Gasteiger partial charge is 0.465 e. The number of rotatable bonds is 2. The average molecular weight is 212 g/mol. The van der Waals surface area contributed by atoms with E-state index in [0.717, 1.165) is 6.42 Å².